The lowest BCUT2D eigenvalue weighted by Gasteiger charge is -2.08. The highest BCUT2D eigenvalue weighted by Crippen LogP contribution is 2.33. The van der Waals surface area contributed by atoms with Crippen LogP contribution in [0, 0.1) is 0 Å². The molecule has 0 saturated heterocycles. The molecule has 1 heterocycles. The van der Waals surface area contributed by atoms with Crippen LogP contribution in [-0.2, 0) is 0 Å². The zero-order valence-corrected chi connectivity index (χ0v) is 10.4. The van der Waals surface area contributed by atoms with Crippen LogP contribution in [0.1, 0.15) is 29.7 Å². The predicted molar refractivity (Wildman–Crippen MR) is 71.1 cm³/mol. The van der Waals surface area contributed by atoms with E-state index in [1.165, 1.54) is 16.8 Å². The smallest absolute Gasteiger partial charge is 0.245 e. The van der Waals surface area contributed by atoms with Crippen LogP contribution in [0.5, 0.6) is 0 Å². The largest absolute Gasteiger partial charge is 0.271 e. The molecule has 2 nitrogen and oxygen atoms in total. The molecule has 0 radical (unpaired) electrons. The molecule has 1 aliphatic rings. The average Bonchev–Trinajstić information content (AvgIpc) is 2.84. The molecular weight excluding hydrogens is 222 g/mol. The highest BCUT2D eigenvalue weighted by atomic mass is 16.7. The van der Waals surface area contributed by atoms with Gasteiger partial charge >= 0.3 is 0 Å². The minimum atomic E-state index is 0.286. The first-order valence-electron chi connectivity index (χ1n) is 6.31. The molecule has 90 valence electrons. The lowest BCUT2D eigenvalue weighted by molar-refractivity contribution is -0.896. The quantitative estimate of drug-likeness (QED) is 0.749. The number of benzene rings is 1. The minimum absolute atomic E-state index is 0.286. The van der Waals surface area contributed by atoms with Crippen LogP contribution in [0.3, 0.4) is 0 Å². The first kappa shape index (κ1) is 11.0. The first-order chi connectivity index (χ1) is 8.90. The van der Waals surface area contributed by atoms with E-state index < -0.39 is 0 Å². The maximum atomic E-state index is 5.65. The summed E-state index contributed by atoms with van der Waals surface area (Å²) in [5, 5.41) is 0. The Morgan fingerprint density at radius 2 is 1.94 bits per heavy atom. The van der Waals surface area contributed by atoms with Crippen molar-refractivity contribution in [1.29, 1.82) is 0 Å². The van der Waals surface area contributed by atoms with Gasteiger partial charge in [-0.05, 0) is 24.1 Å². The molecule has 0 amide bonds. The Kier molecular flexibility index (Phi) is 2.85. The molecule has 0 aliphatic heterocycles. The summed E-state index contributed by atoms with van der Waals surface area (Å²) >= 11 is 0. The molecule has 1 aliphatic carbocycles. The van der Waals surface area contributed by atoms with Crippen LogP contribution < -0.4 is 9.57 Å². The van der Waals surface area contributed by atoms with Crippen molar-refractivity contribution in [3.63, 3.8) is 0 Å². The fourth-order valence-electron chi connectivity index (χ4n) is 2.45. The zero-order chi connectivity index (χ0) is 12.4. The van der Waals surface area contributed by atoms with Gasteiger partial charge in [-0.25, -0.2) is 0 Å². The summed E-state index contributed by atoms with van der Waals surface area (Å²) in [5.41, 5.74) is 3.81. The molecule has 3 rings (SSSR count). The summed E-state index contributed by atoms with van der Waals surface area (Å²) in [5.74, 6) is 0.286. The topological polar surface area (TPSA) is 13.1 Å². The molecule has 1 aromatic carbocycles. The number of pyridine rings is 1. The average molecular weight is 238 g/mol. The van der Waals surface area contributed by atoms with Crippen LogP contribution >= 0.6 is 0 Å². The number of allylic oxidation sites excluding steroid dienone is 1. The highest BCUT2D eigenvalue weighted by molar-refractivity contribution is 5.64. The lowest BCUT2D eigenvalue weighted by atomic mass is 9.97. The van der Waals surface area contributed by atoms with Gasteiger partial charge in [0.25, 0.3) is 0 Å². The Morgan fingerprint density at radius 1 is 1.11 bits per heavy atom. The molecule has 0 fully saturated rings. The number of hydrogen-bond donors (Lipinski definition) is 0. The van der Waals surface area contributed by atoms with Crippen LogP contribution in [0.2, 0.25) is 0 Å². The second-order valence-corrected chi connectivity index (χ2v) is 4.33. The van der Waals surface area contributed by atoms with Crippen LogP contribution in [0.25, 0.3) is 6.08 Å². The van der Waals surface area contributed by atoms with E-state index in [4.69, 9.17) is 4.84 Å². The third kappa shape index (κ3) is 1.80. The van der Waals surface area contributed by atoms with E-state index in [-0.39, 0.29) is 5.92 Å². The van der Waals surface area contributed by atoms with Crippen LogP contribution in [0.15, 0.2) is 54.7 Å². The van der Waals surface area contributed by atoms with Gasteiger partial charge < -0.3 is 0 Å². The monoisotopic (exact) mass is 238 g/mol. The zero-order valence-electron chi connectivity index (χ0n) is 10.4. The van der Waals surface area contributed by atoms with Gasteiger partial charge in [-0.2, -0.15) is 0 Å². The van der Waals surface area contributed by atoms with Crippen molar-refractivity contribution in [3.05, 3.63) is 71.6 Å². The van der Waals surface area contributed by atoms with Crippen molar-refractivity contribution in [2.75, 3.05) is 6.61 Å². The normalized spacial score (nSPS) is 16.6. The Labute approximate surface area is 107 Å². The Balaban J connectivity index is 2.05. The summed E-state index contributed by atoms with van der Waals surface area (Å²) < 4.78 is 1.87. The molecular formula is C16H16NO+. The number of fused-ring (bicyclic) bond motifs is 1. The highest BCUT2D eigenvalue weighted by Gasteiger charge is 2.27. The van der Waals surface area contributed by atoms with E-state index in [1.807, 2.05) is 23.9 Å². The lowest BCUT2D eigenvalue weighted by Crippen LogP contribution is -2.46. The van der Waals surface area contributed by atoms with E-state index in [9.17, 15) is 0 Å². The van der Waals surface area contributed by atoms with Gasteiger partial charge in [0.2, 0.25) is 11.9 Å². The third-order valence-electron chi connectivity index (χ3n) is 3.24. The number of nitrogens with zero attached hydrogens (tertiary/aromatic N) is 1. The summed E-state index contributed by atoms with van der Waals surface area (Å²) in [4.78, 5) is 5.65. The van der Waals surface area contributed by atoms with Gasteiger partial charge in [0.1, 0.15) is 0 Å². The van der Waals surface area contributed by atoms with Crippen molar-refractivity contribution in [2.45, 2.75) is 12.8 Å². The standard InChI is InChI=1S/C16H16NO/c1-2-18-17-12-6-5-9-16(17)15-11-10-13-7-3-4-8-14(13)15/h3-12,15H,2H2,1H3/q+1. The van der Waals surface area contributed by atoms with E-state index in [0.717, 1.165) is 0 Å². The molecule has 1 atom stereocenters. The fourth-order valence-corrected chi connectivity index (χ4v) is 2.45. The van der Waals surface area contributed by atoms with E-state index in [1.54, 1.807) is 0 Å². The van der Waals surface area contributed by atoms with Crippen LogP contribution in [-0.4, -0.2) is 6.61 Å². The molecule has 0 saturated carbocycles. The SMILES string of the molecule is CCO[n+]1ccccc1C1C=Cc2ccccc21. The summed E-state index contributed by atoms with van der Waals surface area (Å²) in [6.45, 7) is 2.67. The van der Waals surface area contributed by atoms with E-state index >= 15 is 0 Å². The molecule has 18 heavy (non-hydrogen) atoms. The summed E-state index contributed by atoms with van der Waals surface area (Å²) in [6.07, 6.45) is 6.38. The number of rotatable bonds is 3. The first-order valence-corrected chi connectivity index (χ1v) is 6.31. The molecule has 0 spiro atoms. The van der Waals surface area contributed by atoms with Crippen molar-refractivity contribution in [1.82, 2.24) is 0 Å². The Morgan fingerprint density at radius 3 is 2.83 bits per heavy atom. The number of hydrogen-bond acceptors (Lipinski definition) is 1. The van der Waals surface area contributed by atoms with Crippen molar-refractivity contribution < 1.29 is 9.57 Å². The molecule has 0 N–H and O–H groups in total. The minimum Gasteiger partial charge on any atom is -0.271 e. The van der Waals surface area contributed by atoms with Crippen LogP contribution in [0.4, 0.5) is 0 Å². The molecule has 1 aromatic heterocycles. The second kappa shape index (κ2) is 4.65. The molecule has 0 bridgehead atoms. The van der Waals surface area contributed by atoms with Gasteiger partial charge in [-0.3, -0.25) is 4.84 Å². The van der Waals surface area contributed by atoms with Crippen molar-refractivity contribution in [2.24, 2.45) is 0 Å². The van der Waals surface area contributed by atoms with E-state index in [2.05, 4.69) is 48.6 Å². The van der Waals surface area contributed by atoms with Gasteiger partial charge in [-0.1, -0.05) is 36.4 Å². The van der Waals surface area contributed by atoms with Gasteiger partial charge in [0.05, 0.1) is 5.92 Å². The Bertz CT molecular complexity index is 589. The van der Waals surface area contributed by atoms with Crippen molar-refractivity contribution in [3.8, 4) is 0 Å². The van der Waals surface area contributed by atoms with Crippen molar-refractivity contribution >= 4 is 6.08 Å². The maximum absolute atomic E-state index is 5.65. The molecule has 2 aromatic rings. The maximum Gasteiger partial charge on any atom is 0.245 e. The van der Waals surface area contributed by atoms with Gasteiger partial charge in [0.15, 0.2) is 6.61 Å². The summed E-state index contributed by atoms with van der Waals surface area (Å²) in [7, 11) is 0. The molecule has 2 heteroatoms. The number of aromatic nitrogens is 1. The van der Waals surface area contributed by atoms with Gasteiger partial charge in [0, 0.05) is 16.9 Å². The summed E-state index contributed by atoms with van der Waals surface area (Å²) in [6, 6.07) is 14.7. The van der Waals surface area contributed by atoms with E-state index in [0.29, 0.717) is 6.61 Å². The van der Waals surface area contributed by atoms with Gasteiger partial charge in [-0.15, -0.1) is 0 Å². The fraction of sp³-hybridized carbons (Fsp3) is 0.188. The Hall–Kier alpha value is -2.09. The second-order valence-electron chi connectivity index (χ2n) is 4.33. The predicted octanol–water partition coefficient (Wildman–Crippen LogP) is 2.58. The molecule has 1 unspecified atom stereocenters. The third-order valence-corrected chi connectivity index (χ3v) is 3.24.